The first-order valence-electron chi connectivity index (χ1n) is 13.8. The highest BCUT2D eigenvalue weighted by Gasteiger charge is 2.20. The van der Waals surface area contributed by atoms with E-state index >= 15 is 0 Å². The molecule has 0 aliphatic heterocycles. The molecule has 0 unspecified atom stereocenters. The van der Waals surface area contributed by atoms with E-state index < -0.39 is 0 Å². The molecule has 2 aromatic rings. The van der Waals surface area contributed by atoms with Gasteiger partial charge in [0.1, 0.15) is 13.1 Å². The van der Waals surface area contributed by atoms with Crippen LogP contribution in [-0.2, 0) is 13.1 Å². The molecule has 0 atom stereocenters. The van der Waals surface area contributed by atoms with Gasteiger partial charge in [-0.2, -0.15) is 9.13 Å². The van der Waals surface area contributed by atoms with Crippen LogP contribution in [0.25, 0.3) is 11.4 Å². The molecule has 2 heteroatoms. The van der Waals surface area contributed by atoms with Gasteiger partial charge in [-0.3, -0.25) is 0 Å². The van der Waals surface area contributed by atoms with Gasteiger partial charge in [0, 0.05) is 30.7 Å². The number of aryl methyl sites for hydroxylation is 2. The van der Waals surface area contributed by atoms with E-state index in [0.717, 1.165) is 13.1 Å². The number of pyridine rings is 2. The normalized spacial score (nSPS) is 11.2. The summed E-state index contributed by atoms with van der Waals surface area (Å²) in [5.41, 5.74) is 2.64. The summed E-state index contributed by atoms with van der Waals surface area (Å²) in [6.45, 7) is 6.64. The average molecular weight is 439 g/mol. The number of hydrogen-bond acceptors (Lipinski definition) is 0. The predicted octanol–water partition coefficient (Wildman–Crippen LogP) is 8.21. The molecule has 0 fully saturated rings. The van der Waals surface area contributed by atoms with Gasteiger partial charge in [0.25, 0.3) is 11.4 Å². The van der Waals surface area contributed by atoms with Gasteiger partial charge in [0.05, 0.1) is 0 Å². The summed E-state index contributed by atoms with van der Waals surface area (Å²) in [5, 5.41) is 0. The van der Waals surface area contributed by atoms with Crippen LogP contribution in [0.2, 0.25) is 0 Å². The summed E-state index contributed by atoms with van der Waals surface area (Å²) in [6.07, 6.45) is 27.2. The van der Waals surface area contributed by atoms with E-state index in [0.29, 0.717) is 0 Å². The van der Waals surface area contributed by atoms with Crippen LogP contribution in [0.1, 0.15) is 117 Å². The molecule has 32 heavy (non-hydrogen) atoms. The van der Waals surface area contributed by atoms with E-state index in [1.165, 1.54) is 114 Å². The number of rotatable bonds is 19. The zero-order valence-corrected chi connectivity index (χ0v) is 21.2. The maximum atomic E-state index is 2.44. The van der Waals surface area contributed by atoms with Crippen molar-refractivity contribution in [2.45, 2.75) is 130 Å². The highest BCUT2D eigenvalue weighted by atomic mass is 15.0. The van der Waals surface area contributed by atoms with Gasteiger partial charge < -0.3 is 0 Å². The van der Waals surface area contributed by atoms with Crippen LogP contribution in [0.4, 0.5) is 0 Å². The third kappa shape index (κ3) is 10.7. The fourth-order valence-corrected chi connectivity index (χ4v) is 4.72. The second-order valence-corrected chi connectivity index (χ2v) is 9.45. The maximum absolute atomic E-state index is 2.44. The van der Waals surface area contributed by atoms with E-state index in [2.05, 4.69) is 71.8 Å². The summed E-state index contributed by atoms with van der Waals surface area (Å²) in [7, 11) is 0. The van der Waals surface area contributed by atoms with Crippen LogP contribution < -0.4 is 9.13 Å². The van der Waals surface area contributed by atoms with Gasteiger partial charge >= 0.3 is 0 Å². The van der Waals surface area contributed by atoms with E-state index in [1.807, 2.05) is 0 Å². The van der Waals surface area contributed by atoms with Crippen molar-refractivity contribution in [1.29, 1.82) is 0 Å². The first kappa shape index (κ1) is 26.6. The molecule has 0 amide bonds. The summed E-state index contributed by atoms with van der Waals surface area (Å²) in [4.78, 5) is 0. The van der Waals surface area contributed by atoms with Crippen LogP contribution in [0.5, 0.6) is 0 Å². The average Bonchev–Trinajstić information content (AvgIpc) is 2.84. The monoisotopic (exact) mass is 438 g/mol. The SMILES string of the molecule is CCCCCCCCCCCCCCCCCC[n+]1ccccc1-c1cccc[n+]1CC. The van der Waals surface area contributed by atoms with Gasteiger partial charge in [0.15, 0.2) is 12.4 Å². The lowest BCUT2D eigenvalue weighted by atomic mass is 10.0. The third-order valence-electron chi connectivity index (χ3n) is 6.74. The van der Waals surface area contributed by atoms with Gasteiger partial charge in [0.2, 0.25) is 0 Å². The zero-order valence-electron chi connectivity index (χ0n) is 21.2. The predicted molar refractivity (Wildman–Crippen MR) is 137 cm³/mol. The smallest absolute Gasteiger partial charge is 0.193 e. The summed E-state index contributed by atoms with van der Waals surface area (Å²) < 4.78 is 4.77. The van der Waals surface area contributed by atoms with Crippen LogP contribution in [-0.4, -0.2) is 0 Å². The molecule has 0 aliphatic rings. The molecule has 0 aromatic carbocycles. The largest absolute Gasteiger partial charge is 0.277 e. The standard InChI is InChI=1S/C30H50N2/c1-3-5-6-7-8-9-10-11-12-13-14-15-16-17-18-21-27-32-28-23-20-25-30(32)29-24-19-22-26-31(29)4-2/h19-20,22-26,28H,3-18,21,27H2,1-2H3/q+2. The van der Waals surface area contributed by atoms with Crippen molar-refractivity contribution < 1.29 is 9.13 Å². The van der Waals surface area contributed by atoms with Crippen LogP contribution in [0.15, 0.2) is 48.8 Å². The molecular weight excluding hydrogens is 388 g/mol. The van der Waals surface area contributed by atoms with Crippen LogP contribution >= 0.6 is 0 Å². The molecule has 0 saturated heterocycles. The summed E-state index contributed by atoms with van der Waals surface area (Å²) in [6, 6.07) is 13.1. The minimum absolute atomic E-state index is 1.00. The van der Waals surface area contributed by atoms with Crippen molar-refractivity contribution in [3.63, 3.8) is 0 Å². The Kier molecular flexibility index (Phi) is 14.8. The highest BCUT2D eigenvalue weighted by molar-refractivity contribution is 5.45. The number of nitrogens with zero attached hydrogens (tertiary/aromatic N) is 2. The number of unbranched alkanes of at least 4 members (excludes halogenated alkanes) is 15. The van der Waals surface area contributed by atoms with Gasteiger partial charge in [-0.05, 0) is 25.5 Å². The summed E-state index contributed by atoms with van der Waals surface area (Å²) in [5.74, 6) is 0. The Morgan fingerprint density at radius 2 is 0.875 bits per heavy atom. The lowest BCUT2D eigenvalue weighted by Crippen LogP contribution is -2.42. The second-order valence-electron chi connectivity index (χ2n) is 9.45. The molecule has 0 N–H and O–H groups in total. The topological polar surface area (TPSA) is 7.76 Å². The Morgan fingerprint density at radius 3 is 1.34 bits per heavy atom. The Bertz CT molecular complexity index is 709. The number of aromatic nitrogens is 2. The minimum atomic E-state index is 1.00. The molecule has 2 heterocycles. The minimum Gasteiger partial charge on any atom is -0.193 e. The van der Waals surface area contributed by atoms with Gasteiger partial charge in [-0.1, -0.05) is 96.8 Å². The van der Waals surface area contributed by atoms with E-state index in [9.17, 15) is 0 Å². The van der Waals surface area contributed by atoms with E-state index in [1.54, 1.807) is 0 Å². The Balaban J connectivity index is 1.50. The molecule has 0 spiro atoms. The highest BCUT2D eigenvalue weighted by Crippen LogP contribution is 2.14. The quantitative estimate of drug-likeness (QED) is 0.154. The van der Waals surface area contributed by atoms with Crippen molar-refractivity contribution in [2.24, 2.45) is 0 Å². The van der Waals surface area contributed by atoms with Gasteiger partial charge in [-0.25, -0.2) is 0 Å². The Hall–Kier alpha value is -1.70. The molecule has 0 bridgehead atoms. The molecule has 2 aromatic heterocycles. The third-order valence-corrected chi connectivity index (χ3v) is 6.74. The Labute approximate surface area is 199 Å². The molecular formula is C30H50N2+2. The maximum Gasteiger partial charge on any atom is 0.277 e. The fourth-order valence-electron chi connectivity index (χ4n) is 4.72. The first-order chi connectivity index (χ1) is 15.9. The van der Waals surface area contributed by atoms with Crippen LogP contribution in [0.3, 0.4) is 0 Å². The zero-order chi connectivity index (χ0) is 22.7. The van der Waals surface area contributed by atoms with Crippen molar-refractivity contribution in [1.82, 2.24) is 0 Å². The lowest BCUT2D eigenvalue weighted by molar-refractivity contribution is -0.713. The molecule has 178 valence electrons. The van der Waals surface area contributed by atoms with E-state index in [-0.39, 0.29) is 0 Å². The fraction of sp³-hybridized carbons (Fsp3) is 0.667. The summed E-state index contributed by atoms with van der Waals surface area (Å²) >= 11 is 0. The van der Waals surface area contributed by atoms with Crippen molar-refractivity contribution >= 4 is 0 Å². The van der Waals surface area contributed by atoms with Crippen molar-refractivity contribution in [3.05, 3.63) is 48.8 Å². The molecule has 2 nitrogen and oxygen atoms in total. The first-order valence-corrected chi connectivity index (χ1v) is 13.8. The molecule has 0 aliphatic carbocycles. The van der Waals surface area contributed by atoms with E-state index in [4.69, 9.17) is 0 Å². The number of hydrogen-bond donors (Lipinski definition) is 0. The molecule has 0 saturated carbocycles. The van der Waals surface area contributed by atoms with Crippen molar-refractivity contribution in [3.8, 4) is 11.4 Å². The lowest BCUT2D eigenvalue weighted by Gasteiger charge is -2.05. The van der Waals surface area contributed by atoms with Crippen molar-refractivity contribution in [2.75, 3.05) is 0 Å². The second kappa shape index (κ2) is 17.8. The van der Waals surface area contributed by atoms with Crippen LogP contribution in [0, 0.1) is 0 Å². The molecule has 0 radical (unpaired) electrons. The van der Waals surface area contributed by atoms with Gasteiger partial charge in [-0.15, -0.1) is 0 Å². The Morgan fingerprint density at radius 1 is 0.469 bits per heavy atom. The molecule has 2 rings (SSSR count).